The summed E-state index contributed by atoms with van der Waals surface area (Å²) in [6.07, 6.45) is 9.48. The van der Waals surface area contributed by atoms with Gasteiger partial charge in [0.2, 0.25) is 5.91 Å². The number of likely N-dealkylation sites (tertiary alicyclic amines) is 1. The quantitative estimate of drug-likeness (QED) is 0.384. The van der Waals surface area contributed by atoms with E-state index in [0.717, 1.165) is 42.1 Å². The summed E-state index contributed by atoms with van der Waals surface area (Å²) in [6, 6.07) is 18.1. The fraction of sp³-hybridized carbons (Fsp3) is 0.444. The molecule has 1 aliphatic heterocycles. The number of hydrogen-bond donors (Lipinski definition) is 0. The molecule has 0 bridgehead atoms. The maximum atomic E-state index is 13.3. The van der Waals surface area contributed by atoms with E-state index in [2.05, 4.69) is 30.5 Å². The molecule has 2 aromatic rings. The highest BCUT2D eigenvalue weighted by molar-refractivity contribution is 6.30. The van der Waals surface area contributed by atoms with Crippen molar-refractivity contribution in [3.05, 3.63) is 82.9 Å². The molecule has 0 aromatic heterocycles. The summed E-state index contributed by atoms with van der Waals surface area (Å²) in [4.78, 5) is 15.5. The molecular weight excluding hydrogens is 425 g/mol. The standard InChI is InChI=1S/C21H28ClNO.C6H5Cl/c1-3-5-17-11-14-20(16-9-12-18(22)13-10-16)23(21(17)24)19(6-4-2)15-7-8-15;7-6-4-2-1-3-5-6/h3,9-10,12-13,15,17,19-20H,1,4-8,11,14H2,2H3;1-5H/t17-,19?,20-;/m0./s1. The van der Waals surface area contributed by atoms with Gasteiger partial charge in [-0.3, -0.25) is 4.79 Å². The molecule has 1 aliphatic carbocycles. The third-order valence-corrected chi connectivity index (χ3v) is 6.78. The Hall–Kier alpha value is -1.77. The minimum absolute atomic E-state index is 0.115. The van der Waals surface area contributed by atoms with E-state index in [0.29, 0.717) is 17.9 Å². The third-order valence-electron chi connectivity index (χ3n) is 6.28. The van der Waals surface area contributed by atoms with E-state index >= 15 is 0 Å². The van der Waals surface area contributed by atoms with Crippen LogP contribution in [0.2, 0.25) is 10.0 Å². The molecule has 166 valence electrons. The average molecular weight is 458 g/mol. The normalized spacial score (nSPS) is 21.8. The van der Waals surface area contributed by atoms with Gasteiger partial charge in [0.05, 0.1) is 6.04 Å². The molecule has 1 saturated heterocycles. The lowest BCUT2D eigenvalue weighted by molar-refractivity contribution is -0.146. The van der Waals surface area contributed by atoms with Crippen molar-refractivity contribution >= 4 is 29.1 Å². The average Bonchev–Trinajstić information content (AvgIpc) is 3.61. The van der Waals surface area contributed by atoms with Crippen LogP contribution in [0.15, 0.2) is 67.3 Å². The molecule has 1 amide bonds. The first kappa shape index (κ1) is 23.9. The van der Waals surface area contributed by atoms with Crippen LogP contribution in [0.25, 0.3) is 0 Å². The van der Waals surface area contributed by atoms with Crippen LogP contribution in [-0.2, 0) is 4.79 Å². The second kappa shape index (κ2) is 11.7. The number of allylic oxidation sites excluding steroid dienone is 1. The molecule has 0 radical (unpaired) electrons. The van der Waals surface area contributed by atoms with E-state index in [4.69, 9.17) is 23.2 Å². The summed E-state index contributed by atoms with van der Waals surface area (Å²) in [5.74, 6) is 1.15. The van der Waals surface area contributed by atoms with Crippen LogP contribution >= 0.6 is 23.2 Å². The number of halogens is 2. The van der Waals surface area contributed by atoms with Crippen molar-refractivity contribution in [2.24, 2.45) is 11.8 Å². The van der Waals surface area contributed by atoms with Crippen molar-refractivity contribution in [1.82, 2.24) is 4.90 Å². The van der Waals surface area contributed by atoms with Crippen molar-refractivity contribution in [2.75, 3.05) is 0 Å². The lowest BCUT2D eigenvalue weighted by Crippen LogP contribution is -2.49. The topological polar surface area (TPSA) is 20.3 Å². The SMILES string of the molecule is C=CC[C@H]1CC[C@@H](c2ccc(Cl)cc2)N(C(CCC)C2CC2)C1=O.Clc1ccccc1. The molecule has 2 fully saturated rings. The molecule has 4 rings (SSSR count). The Kier molecular flexibility index (Phi) is 9.04. The highest BCUT2D eigenvalue weighted by Gasteiger charge is 2.44. The number of hydrogen-bond acceptors (Lipinski definition) is 1. The van der Waals surface area contributed by atoms with Gasteiger partial charge in [0.1, 0.15) is 0 Å². The summed E-state index contributed by atoms with van der Waals surface area (Å²) in [7, 11) is 0. The van der Waals surface area contributed by atoms with Gasteiger partial charge in [-0.25, -0.2) is 0 Å². The smallest absolute Gasteiger partial charge is 0.226 e. The molecule has 2 aliphatic rings. The Morgan fingerprint density at radius 2 is 1.65 bits per heavy atom. The van der Waals surface area contributed by atoms with Gasteiger partial charge in [0.25, 0.3) is 0 Å². The van der Waals surface area contributed by atoms with Gasteiger partial charge in [0, 0.05) is 22.0 Å². The molecule has 2 aromatic carbocycles. The van der Waals surface area contributed by atoms with E-state index in [1.807, 2.05) is 48.5 Å². The highest BCUT2D eigenvalue weighted by Crippen LogP contribution is 2.45. The molecule has 1 heterocycles. The molecule has 1 saturated carbocycles. The van der Waals surface area contributed by atoms with E-state index in [1.54, 1.807) is 0 Å². The lowest BCUT2D eigenvalue weighted by Gasteiger charge is -2.44. The molecule has 31 heavy (non-hydrogen) atoms. The second-order valence-corrected chi connectivity index (χ2v) is 9.47. The largest absolute Gasteiger partial charge is 0.332 e. The first-order chi connectivity index (χ1) is 15.0. The Bertz CT molecular complexity index is 832. The van der Waals surface area contributed by atoms with Crippen molar-refractivity contribution in [1.29, 1.82) is 0 Å². The van der Waals surface area contributed by atoms with Crippen molar-refractivity contribution < 1.29 is 4.79 Å². The van der Waals surface area contributed by atoms with Gasteiger partial charge in [-0.05, 0) is 74.3 Å². The molecule has 1 unspecified atom stereocenters. The van der Waals surface area contributed by atoms with Gasteiger partial charge in [-0.15, -0.1) is 6.58 Å². The van der Waals surface area contributed by atoms with E-state index < -0.39 is 0 Å². The van der Waals surface area contributed by atoms with Crippen LogP contribution in [0.1, 0.15) is 63.5 Å². The van der Waals surface area contributed by atoms with E-state index in [1.165, 1.54) is 18.4 Å². The molecule has 4 heteroatoms. The fourth-order valence-corrected chi connectivity index (χ4v) is 4.88. The number of benzene rings is 2. The molecule has 3 atom stereocenters. The lowest BCUT2D eigenvalue weighted by atomic mass is 9.84. The predicted octanol–water partition coefficient (Wildman–Crippen LogP) is 8.11. The highest BCUT2D eigenvalue weighted by atomic mass is 35.5. The Morgan fingerprint density at radius 3 is 2.16 bits per heavy atom. The van der Waals surface area contributed by atoms with Gasteiger partial charge in [-0.1, -0.05) is 73.0 Å². The fourth-order valence-electron chi connectivity index (χ4n) is 4.61. The van der Waals surface area contributed by atoms with Gasteiger partial charge < -0.3 is 4.90 Å². The van der Waals surface area contributed by atoms with Crippen molar-refractivity contribution in [2.45, 2.75) is 64.0 Å². The Balaban J connectivity index is 0.000000330. The summed E-state index contributed by atoms with van der Waals surface area (Å²) in [5, 5.41) is 1.55. The van der Waals surface area contributed by atoms with Crippen LogP contribution in [0.3, 0.4) is 0 Å². The molecule has 0 N–H and O–H groups in total. The van der Waals surface area contributed by atoms with Crippen molar-refractivity contribution in [3.63, 3.8) is 0 Å². The maximum Gasteiger partial charge on any atom is 0.226 e. The van der Waals surface area contributed by atoms with Crippen LogP contribution < -0.4 is 0 Å². The minimum Gasteiger partial charge on any atom is -0.332 e. The Morgan fingerprint density at radius 1 is 1.00 bits per heavy atom. The van der Waals surface area contributed by atoms with Gasteiger partial charge >= 0.3 is 0 Å². The summed E-state index contributed by atoms with van der Waals surface area (Å²) in [6.45, 7) is 6.07. The first-order valence-corrected chi connectivity index (χ1v) is 12.2. The van der Waals surface area contributed by atoms with Crippen LogP contribution in [0.5, 0.6) is 0 Å². The zero-order chi connectivity index (χ0) is 22.2. The zero-order valence-corrected chi connectivity index (χ0v) is 19.9. The van der Waals surface area contributed by atoms with E-state index in [9.17, 15) is 4.79 Å². The number of carbonyl (C=O) groups excluding carboxylic acids is 1. The second-order valence-electron chi connectivity index (χ2n) is 8.60. The first-order valence-electron chi connectivity index (χ1n) is 11.4. The number of amides is 1. The molecule has 0 spiro atoms. The van der Waals surface area contributed by atoms with E-state index in [-0.39, 0.29) is 12.0 Å². The monoisotopic (exact) mass is 457 g/mol. The third kappa shape index (κ3) is 6.60. The summed E-state index contributed by atoms with van der Waals surface area (Å²) in [5.41, 5.74) is 1.23. The van der Waals surface area contributed by atoms with Gasteiger partial charge in [0.15, 0.2) is 0 Å². The Labute approximate surface area is 197 Å². The van der Waals surface area contributed by atoms with Crippen LogP contribution in [-0.4, -0.2) is 16.8 Å². The maximum absolute atomic E-state index is 13.3. The summed E-state index contributed by atoms with van der Waals surface area (Å²) >= 11 is 11.6. The molecule has 2 nitrogen and oxygen atoms in total. The molecular formula is C27H33Cl2NO. The summed E-state index contributed by atoms with van der Waals surface area (Å²) < 4.78 is 0. The number of piperidine rings is 1. The van der Waals surface area contributed by atoms with Crippen LogP contribution in [0.4, 0.5) is 0 Å². The number of nitrogens with zero attached hydrogens (tertiary/aromatic N) is 1. The minimum atomic E-state index is 0.115. The van der Waals surface area contributed by atoms with Gasteiger partial charge in [-0.2, -0.15) is 0 Å². The predicted molar refractivity (Wildman–Crippen MR) is 131 cm³/mol. The number of carbonyl (C=O) groups is 1. The van der Waals surface area contributed by atoms with Crippen LogP contribution in [0, 0.1) is 11.8 Å². The van der Waals surface area contributed by atoms with Crippen molar-refractivity contribution in [3.8, 4) is 0 Å². The zero-order valence-electron chi connectivity index (χ0n) is 18.4. The number of rotatable bonds is 7.